The summed E-state index contributed by atoms with van der Waals surface area (Å²) in [6.07, 6.45) is 0.540. The number of nitrogens with zero attached hydrogens (tertiary/aromatic N) is 1. The number of halogens is 1. The van der Waals surface area contributed by atoms with Crippen LogP contribution in [0.5, 0.6) is 5.75 Å². The predicted molar refractivity (Wildman–Crippen MR) is 90.8 cm³/mol. The summed E-state index contributed by atoms with van der Waals surface area (Å²) in [5, 5.41) is 0. The Morgan fingerprint density at radius 1 is 1.18 bits per heavy atom. The van der Waals surface area contributed by atoms with Crippen molar-refractivity contribution >= 4 is 31.6 Å². The summed E-state index contributed by atoms with van der Waals surface area (Å²) in [6.45, 7) is 0.329. The highest BCUT2D eigenvalue weighted by Crippen LogP contribution is 2.35. The molecular formula is C16H16BrNO3S. The van der Waals surface area contributed by atoms with Crippen LogP contribution in [-0.4, -0.2) is 21.3 Å². The van der Waals surface area contributed by atoms with Gasteiger partial charge >= 0.3 is 0 Å². The molecule has 116 valence electrons. The number of hydrogen-bond donors (Lipinski definition) is 0. The quantitative estimate of drug-likeness (QED) is 0.818. The van der Waals surface area contributed by atoms with Crippen molar-refractivity contribution in [3.05, 3.63) is 58.1 Å². The van der Waals surface area contributed by atoms with Crippen molar-refractivity contribution in [1.29, 1.82) is 0 Å². The second kappa shape index (κ2) is 5.93. The first-order chi connectivity index (χ1) is 10.5. The smallest absolute Gasteiger partial charge is 0.235 e. The van der Waals surface area contributed by atoms with Gasteiger partial charge in [-0.05, 0) is 41.8 Å². The second-order valence-corrected chi connectivity index (χ2v) is 8.03. The second-order valence-electron chi connectivity index (χ2n) is 5.16. The maximum Gasteiger partial charge on any atom is 0.235 e. The maximum absolute atomic E-state index is 12.5. The van der Waals surface area contributed by atoms with Gasteiger partial charge in [0.15, 0.2) is 0 Å². The lowest BCUT2D eigenvalue weighted by molar-refractivity contribution is 0.414. The zero-order chi connectivity index (χ0) is 15.7. The van der Waals surface area contributed by atoms with Crippen molar-refractivity contribution in [1.82, 2.24) is 0 Å². The van der Waals surface area contributed by atoms with Gasteiger partial charge in [-0.3, -0.25) is 4.31 Å². The zero-order valence-corrected chi connectivity index (χ0v) is 14.5. The Hall–Kier alpha value is -1.53. The molecule has 0 unspecified atom stereocenters. The third-order valence-corrected chi connectivity index (χ3v) is 6.25. The average molecular weight is 382 g/mol. The molecule has 1 aliphatic heterocycles. The minimum absolute atomic E-state index is 0.138. The zero-order valence-electron chi connectivity index (χ0n) is 12.1. The summed E-state index contributed by atoms with van der Waals surface area (Å²) in [6, 6.07) is 13.1. The Balaban J connectivity index is 1.99. The molecule has 4 nitrogen and oxygen atoms in total. The van der Waals surface area contributed by atoms with Gasteiger partial charge in [0, 0.05) is 4.47 Å². The van der Waals surface area contributed by atoms with E-state index in [0.717, 1.165) is 27.0 Å². The minimum Gasteiger partial charge on any atom is -0.497 e. The van der Waals surface area contributed by atoms with Gasteiger partial charge in [0.2, 0.25) is 10.0 Å². The molecule has 1 aliphatic rings. The molecule has 6 heteroatoms. The lowest BCUT2D eigenvalue weighted by Crippen LogP contribution is -2.37. The third-order valence-electron chi connectivity index (χ3n) is 3.79. The number of sulfonamides is 1. The summed E-state index contributed by atoms with van der Waals surface area (Å²) in [5.74, 6) is 0.895. The summed E-state index contributed by atoms with van der Waals surface area (Å²) >= 11 is 3.51. The van der Waals surface area contributed by atoms with E-state index in [1.807, 2.05) is 42.5 Å². The topological polar surface area (TPSA) is 46.6 Å². The highest BCUT2D eigenvalue weighted by molar-refractivity contribution is 9.10. The molecule has 0 radical (unpaired) electrons. The monoisotopic (exact) mass is 381 g/mol. The van der Waals surface area contributed by atoms with Crippen LogP contribution in [0.4, 0.5) is 5.69 Å². The molecule has 3 rings (SSSR count). The normalized spacial score (nSPS) is 16.2. The van der Waals surface area contributed by atoms with Crippen molar-refractivity contribution in [2.75, 3.05) is 17.2 Å². The van der Waals surface area contributed by atoms with E-state index in [4.69, 9.17) is 4.74 Å². The average Bonchev–Trinajstić information content (AvgIpc) is 2.51. The van der Waals surface area contributed by atoms with E-state index in [1.165, 1.54) is 4.31 Å². The lowest BCUT2D eigenvalue weighted by Gasteiger charge is -2.31. The van der Waals surface area contributed by atoms with E-state index >= 15 is 0 Å². The number of hydrogen-bond acceptors (Lipinski definition) is 3. The molecule has 0 bridgehead atoms. The van der Waals surface area contributed by atoms with Crippen LogP contribution in [0, 0.1) is 0 Å². The Morgan fingerprint density at radius 2 is 1.91 bits per heavy atom. The van der Waals surface area contributed by atoms with Crippen molar-refractivity contribution in [3.63, 3.8) is 0 Å². The number of anilines is 1. The molecule has 2 aromatic rings. The molecule has 0 saturated heterocycles. The van der Waals surface area contributed by atoms with Crippen LogP contribution in [0.15, 0.2) is 46.9 Å². The fourth-order valence-corrected chi connectivity index (χ4v) is 4.65. The number of methoxy groups -OCH3 is 1. The van der Waals surface area contributed by atoms with Crippen molar-refractivity contribution in [2.45, 2.75) is 13.0 Å². The first-order valence-corrected chi connectivity index (χ1v) is 9.32. The van der Waals surface area contributed by atoms with E-state index in [0.29, 0.717) is 13.0 Å². The number of rotatable bonds is 3. The van der Waals surface area contributed by atoms with Crippen molar-refractivity contribution in [3.8, 4) is 5.75 Å². The first-order valence-electron chi connectivity index (χ1n) is 6.92. The van der Waals surface area contributed by atoms with Crippen molar-refractivity contribution < 1.29 is 13.2 Å². The van der Waals surface area contributed by atoms with Crippen molar-refractivity contribution in [2.24, 2.45) is 0 Å². The van der Waals surface area contributed by atoms with Crippen LogP contribution in [0.1, 0.15) is 11.1 Å². The van der Waals surface area contributed by atoms with Gasteiger partial charge < -0.3 is 4.74 Å². The van der Waals surface area contributed by atoms with E-state index in [2.05, 4.69) is 15.9 Å². The van der Waals surface area contributed by atoms with E-state index in [1.54, 1.807) is 7.11 Å². The molecule has 0 aromatic heterocycles. The molecule has 1 heterocycles. The number of fused-ring (bicyclic) bond motifs is 1. The van der Waals surface area contributed by atoms with Gasteiger partial charge in [-0.15, -0.1) is 0 Å². The van der Waals surface area contributed by atoms with Crippen LogP contribution < -0.4 is 9.04 Å². The van der Waals surface area contributed by atoms with Crippen LogP contribution >= 0.6 is 15.9 Å². The summed E-state index contributed by atoms with van der Waals surface area (Å²) < 4.78 is 32.5. The highest BCUT2D eigenvalue weighted by atomic mass is 79.9. The fraction of sp³-hybridized carbons (Fsp3) is 0.250. The standard InChI is InChI=1S/C16H16BrNO3S/c1-21-13-7-5-12(6-8-13)11-18-16-4-2-3-15(17)14(16)9-10-22(18,19)20/h2-8H,9-11H2,1H3. The maximum atomic E-state index is 12.5. The molecule has 0 aliphatic carbocycles. The fourth-order valence-electron chi connectivity index (χ4n) is 2.60. The summed E-state index contributed by atoms with van der Waals surface area (Å²) in [7, 11) is -1.68. The summed E-state index contributed by atoms with van der Waals surface area (Å²) in [5.41, 5.74) is 2.74. The largest absolute Gasteiger partial charge is 0.497 e. The SMILES string of the molecule is COc1ccc(CN2c3cccc(Br)c3CCS2(=O)=O)cc1. The molecular weight excluding hydrogens is 366 g/mol. The molecule has 0 N–H and O–H groups in total. The molecule has 22 heavy (non-hydrogen) atoms. The van der Waals surface area contributed by atoms with E-state index in [-0.39, 0.29) is 5.75 Å². The lowest BCUT2D eigenvalue weighted by atomic mass is 10.1. The predicted octanol–water partition coefficient (Wildman–Crippen LogP) is 3.35. The van der Waals surface area contributed by atoms with Crippen LogP contribution in [0.2, 0.25) is 0 Å². The van der Waals surface area contributed by atoms with Crippen LogP contribution in [-0.2, 0) is 23.0 Å². The molecule has 2 aromatic carbocycles. The Morgan fingerprint density at radius 3 is 2.59 bits per heavy atom. The van der Waals surface area contributed by atoms with Gasteiger partial charge in [0.05, 0.1) is 25.1 Å². The molecule has 0 spiro atoms. The van der Waals surface area contributed by atoms with Gasteiger partial charge in [0.25, 0.3) is 0 Å². The van der Waals surface area contributed by atoms with E-state index < -0.39 is 10.0 Å². The van der Waals surface area contributed by atoms with Gasteiger partial charge in [-0.25, -0.2) is 8.42 Å². The Labute approximate surface area is 138 Å². The third kappa shape index (κ3) is 2.85. The highest BCUT2D eigenvalue weighted by Gasteiger charge is 2.30. The van der Waals surface area contributed by atoms with Crippen LogP contribution in [0.25, 0.3) is 0 Å². The van der Waals surface area contributed by atoms with Gasteiger partial charge in [0.1, 0.15) is 5.75 Å². The molecule has 0 saturated carbocycles. The Kier molecular flexibility index (Phi) is 4.14. The number of benzene rings is 2. The van der Waals surface area contributed by atoms with E-state index in [9.17, 15) is 8.42 Å². The van der Waals surface area contributed by atoms with Crippen LogP contribution in [0.3, 0.4) is 0 Å². The first kappa shape index (κ1) is 15.4. The van der Waals surface area contributed by atoms with Gasteiger partial charge in [-0.2, -0.15) is 0 Å². The molecule has 0 atom stereocenters. The Bertz CT molecular complexity index is 788. The molecule has 0 fully saturated rings. The summed E-state index contributed by atoms with van der Waals surface area (Å²) in [4.78, 5) is 0. The van der Waals surface area contributed by atoms with Gasteiger partial charge in [-0.1, -0.05) is 34.1 Å². The minimum atomic E-state index is -3.29. The number of ether oxygens (including phenoxy) is 1. The molecule has 0 amide bonds.